The second-order valence-corrected chi connectivity index (χ2v) is 6.69. The predicted octanol–water partition coefficient (Wildman–Crippen LogP) is 1.79. The number of methoxy groups -OCH3 is 1. The highest BCUT2D eigenvalue weighted by atomic mass is 32.2. The number of carbonyl (C=O) groups excluding carboxylic acids is 1. The Balaban J connectivity index is 1.91. The third kappa shape index (κ3) is 3.71. The van der Waals surface area contributed by atoms with Crippen LogP contribution in [0, 0.1) is 0 Å². The van der Waals surface area contributed by atoms with E-state index in [9.17, 15) is 14.7 Å². The van der Waals surface area contributed by atoms with Gasteiger partial charge in [0.05, 0.1) is 23.4 Å². The van der Waals surface area contributed by atoms with Crippen LogP contribution >= 0.6 is 11.8 Å². The molecule has 2 aromatic carbocycles. The number of thioether (sulfide) groups is 1. The van der Waals surface area contributed by atoms with E-state index >= 15 is 0 Å². The van der Waals surface area contributed by atoms with Gasteiger partial charge in [-0.05, 0) is 23.8 Å². The minimum Gasteiger partial charge on any atom is -0.481 e. The summed E-state index contributed by atoms with van der Waals surface area (Å²) in [6.45, 7) is 0. The summed E-state index contributed by atoms with van der Waals surface area (Å²) in [4.78, 5) is 31.2. The second kappa shape index (κ2) is 7.06. The van der Waals surface area contributed by atoms with Crippen LogP contribution in [-0.4, -0.2) is 29.1 Å². The van der Waals surface area contributed by atoms with Gasteiger partial charge in [-0.25, -0.2) is 14.8 Å². The lowest BCUT2D eigenvalue weighted by molar-refractivity contribution is -0.137. The highest BCUT2D eigenvalue weighted by Gasteiger charge is 2.35. The van der Waals surface area contributed by atoms with Crippen LogP contribution in [0.4, 0.5) is 0 Å². The number of nitrogens with zero attached hydrogens (tertiary/aromatic N) is 2. The van der Waals surface area contributed by atoms with Crippen LogP contribution in [0.25, 0.3) is 0 Å². The quantitative estimate of drug-likeness (QED) is 0.797. The summed E-state index contributed by atoms with van der Waals surface area (Å²) < 4.78 is 4.80. The summed E-state index contributed by atoms with van der Waals surface area (Å²) >= 11 is 1.29. The summed E-state index contributed by atoms with van der Waals surface area (Å²) in [6, 6.07) is 14.4. The zero-order chi connectivity index (χ0) is 17.9. The lowest BCUT2D eigenvalue weighted by Crippen LogP contribution is -2.23. The molecule has 1 heterocycles. The van der Waals surface area contributed by atoms with Gasteiger partial charge in [0.2, 0.25) is 4.99 Å². The summed E-state index contributed by atoms with van der Waals surface area (Å²) in [5.74, 6) is -1.01. The number of rotatable bonds is 6. The highest BCUT2D eigenvalue weighted by molar-refractivity contribution is 7.99. The zero-order valence-corrected chi connectivity index (χ0v) is 14.3. The number of fused-ring (bicyclic) bond motifs is 1. The molecule has 0 aliphatic carbocycles. The fraction of sp³-hybridized carbons (Fsp3) is 0.222. The first-order chi connectivity index (χ1) is 12.0. The fourth-order valence-corrected chi connectivity index (χ4v) is 3.78. The van der Waals surface area contributed by atoms with Crippen LogP contribution in [0.3, 0.4) is 0 Å². The van der Waals surface area contributed by atoms with Crippen LogP contribution in [0.15, 0.2) is 58.5 Å². The molecule has 25 heavy (non-hydrogen) atoms. The van der Waals surface area contributed by atoms with E-state index in [2.05, 4.69) is 9.98 Å². The zero-order valence-electron chi connectivity index (χ0n) is 13.5. The van der Waals surface area contributed by atoms with Gasteiger partial charge in [-0.3, -0.25) is 4.79 Å². The van der Waals surface area contributed by atoms with Crippen LogP contribution in [-0.2, 0) is 15.3 Å². The van der Waals surface area contributed by atoms with E-state index in [4.69, 9.17) is 4.74 Å². The van der Waals surface area contributed by atoms with Crippen molar-refractivity contribution >= 4 is 23.7 Å². The van der Waals surface area contributed by atoms with Crippen LogP contribution in [0.5, 0.6) is 0 Å². The number of carbonyl (C=O) groups is 2. The number of carboxylic acids is 1. The molecule has 128 valence electrons. The number of ether oxygens (including phenoxy) is 1. The van der Waals surface area contributed by atoms with Crippen molar-refractivity contribution in [2.45, 2.75) is 17.2 Å². The molecule has 0 aromatic heterocycles. The van der Waals surface area contributed by atoms with E-state index in [0.717, 1.165) is 5.56 Å². The number of carboxylic acid groups (broad SMARTS) is 1. The van der Waals surface area contributed by atoms with Crippen molar-refractivity contribution in [1.29, 1.82) is 0 Å². The minimum atomic E-state index is -1.13. The van der Waals surface area contributed by atoms with E-state index in [1.807, 2.05) is 36.4 Å². The summed E-state index contributed by atoms with van der Waals surface area (Å²) in [6.07, 6.45) is -0.229. The Morgan fingerprint density at radius 3 is 2.28 bits per heavy atom. The standard InChI is InChI=1S/C18H16N2O4S/c1-24-17(23)13-7-3-2-6-12(13)11-25-18(10-16(21)22)19-14-8-4-5-9-15(14)20-18/h2-9H,10-11H2,1H3,(H,21,22). The average molecular weight is 356 g/mol. The maximum atomic E-state index is 11.9. The lowest BCUT2D eigenvalue weighted by atomic mass is 10.1. The summed E-state index contributed by atoms with van der Waals surface area (Å²) in [5, 5.41) is 10.6. The van der Waals surface area contributed by atoms with Gasteiger partial charge in [0.15, 0.2) is 0 Å². The van der Waals surface area contributed by atoms with Gasteiger partial charge in [0.25, 0.3) is 0 Å². The Hall–Kier alpha value is -2.67. The molecular formula is C18H16N2O4S. The number of esters is 1. The van der Waals surface area contributed by atoms with Gasteiger partial charge < -0.3 is 9.84 Å². The molecule has 0 unspecified atom stereocenters. The van der Waals surface area contributed by atoms with Crippen molar-refractivity contribution in [2.24, 2.45) is 9.98 Å². The lowest BCUT2D eigenvalue weighted by Gasteiger charge is -2.21. The molecule has 2 aromatic rings. The molecule has 0 radical (unpaired) electrons. The molecule has 0 fully saturated rings. The smallest absolute Gasteiger partial charge is 0.338 e. The Morgan fingerprint density at radius 1 is 1.08 bits per heavy atom. The monoisotopic (exact) mass is 356 g/mol. The van der Waals surface area contributed by atoms with Crippen LogP contribution in [0.2, 0.25) is 0 Å². The van der Waals surface area contributed by atoms with Crippen LogP contribution in [0.1, 0.15) is 22.3 Å². The van der Waals surface area contributed by atoms with Crippen molar-refractivity contribution in [2.75, 3.05) is 7.11 Å². The molecule has 0 amide bonds. The van der Waals surface area contributed by atoms with Gasteiger partial charge in [-0.15, -0.1) is 11.8 Å². The Morgan fingerprint density at radius 2 is 1.68 bits per heavy atom. The summed E-state index contributed by atoms with van der Waals surface area (Å²) in [7, 11) is 1.33. The second-order valence-electron chi connectivity index (χ2n) is 5.46. The average Bonchev–Trinajstić information content (AvgIpc) is 2.97. The predicted molar refractivity (Wildman–Crippen MR) is 92.8 cm³/mol. The molecule has 0 spiro atoms. The van der Waals surface area contributed by atoms with Crippen molar-refractivity contribution in [1.82, 2.24) is 0 Å². The molecule has 3 rings (SSSR count). The highest BCUT2D eigenvalue weighted by Crippen LogP contribution is 2.36. The van der Waals surface area contributed by atoms with E-state index in [0.29, 0.717) is 22.0 Å². The van der Waals surface area contributed by atoms with Gasteiger partial charge in [0, 0.05) is 5.75 Å². The molecule has 1 N–H and O–H groups in total. The first-order valence-corrected chi connectivity index (χ1v) is 8.58. The molecule has 1 aliphatic rings. The molecule has 0 saturated heterocycles. The molecule has 1 aliphatic heterocycles. The molecule has 0 atom stereocenters. The van der Waals surface area contributed by atoms with Crippen LogP contribution < -0.4 is 10.7 Å². The number of hydrogen-bond acceptors (Lipinski definition) is 6. The number of benzene rings is 2. The number of aliphatic carboxylic acids is 1. The first-order valence-electron chi connectivity index (χ1n) is 7.60. The summed E-state index contributed by atoms with van der Waals surface area (Å²) in [5.41, 5.74) is 1.21. The van der Waals surface area contributed by atoms with Crippen molar-refractivity contribution in [3.8, 4) is 0 Å². The Kier molecular flexibility index (Phi) is 4.85. The van der Waals surface area contributed by atoms with Crippen molar-refractivity contribution < 1.29 is 19.4 Å². The van der Waals surface area contributed by atoms with E-state index in [1.54, 1.807) is 12.1 Å². The molecule has 7 heteroatoms. The number of hydrogen-bond donors (Lipinski definition) is 1. The fourth-order valence-electron chi connectivity index (χ4n) is 2.59. The van der Waals surface area contributed by atoms with Crippen molar-refractivity contribution in [3.63, 3.8) is 0 Å². The van der Waals surface area contributed by atoms with E-state index < -0.39 is 16.9 Å². The van der Waals surface area contributed by atoms with E-state index in [1.165, 1.54) is 18.9 Å². The maximum Gasteiger partial charge on any atom is 0.338 e. The molecular weight excluding hydrogens is 340 g/mol. The van der Waals surface area contributed by atoms with Gasteiger partial charge >= 0.3 is 11.9 Å². The van der Waals surface area contributed by atoms with E-state index in [-0.39, 0.29) is 6.42 Å². The largest absolute Gasteiger partial charge is 0.481 e. The third-order valence-electron chi connectivity index (χ3n) is 3.74. The van der Waals surface area contributed by atoms with Gasteiger partial charge in [-0.2, -0.15) is 0 Å². The van der Waals surface area contributed by atoms with Crippen molar-refractivity contribution in [3.05, 3.63) is 70.4 Å². The Labute approximate surface area is 148 Å². The number of para-hydroxylation sites is 2. The minimum absolute atomic E-state index is 0.229. The third-order valence-corrected chi connectivity index (χ3v) is 4.98. The molecule has 0 bridgehead atoms. The topological polar surface area (TPSA) is 88.3 Å². The SMILES string of the molecule is COC(=O)c1ccccc1CSC1(CC(=O)O)N=c2ccccc2=N1. The van der Waals surface area contributed by atoms with Gasteiger partial charge in [0.1, 0.15) is 6.42 Å². The normalized spacial score (nSPS) is 14.1. The molecule has 6 nitrogen and oxygen atoms in total. The first kappa shape index (κ1) is 17.2. The van der Waals surface area contributed by atoms with Gasteiger partial charge in [-0.1, -0.05) is 30.3 Å². The Bertz CT molecular complexity index is 907. The maximum absolute atomic E-state index is 11.9. The molecule has 0 saturated carbocycles.